The van der Waals surface area contributed by atoms with E-state index in [0.29, 0.717) is 18.2 Å². The Morgan fingerprint density at radius 1 is 1.23 bits per heavy atom. The third kappa shape index (κ3) is 5.10. The topological polar surface area (TPSA) is 56.6 Å². The van der Waals surface area contributed by atoms with Crippen LogP contribution in [-0.4, -0.2) is 52.5 Å². The summed E-state index contributed by atoms with van der Waals surface area (Å²) in [5.74, 6) is 0.677. The number of aromatic nitrogens is 2. The largest absolute Gasteiger partial charge is 0.377 e. The van der Waals surface area contributed by atoms with E-state index >= 15 is 0 Å². The van der Waals surface area contributed by atoms with Gasteiger partial charge in [-0.1, -0.05) is 30.3 Å². The van der Waals surface area contributed by atoms with E-state index in [-0.39, 0.29) is 11.5 Å². The van der Waals surface area contributed by atoms with E-state index < -0.39 is 0 Å². The molecule has 6 heteroatoms. The number of likely N-dealkylation sites (tertiary alicyclic amines) is 1. The summed E-state index contributed by atoms with van der Waals surface area (Å²) >= 11 is 0. The first-order chi connectivity index (χ1) is 14.7. The smallest absolute Gasteiger partial charge is 0.274 e. The van der Waals surface area contributed by atoms with Crippen molar-refractivity contribution in [3.8, 4) is 0 Å². The van der Waals surface area contributed by atoms with Gasteiger partial charge in [-0.15, -0.1) is 0 Å². The van der Waals surface area contributed by atoms with Crippen LogP contribution in [0.4, 0.5) is 0 Å². The van der Waals surface area contributed by atoms with Crippen LogP contribution >= 0.6 is 0 Å². The second-order valence-electron chi connectivity index (χ2n) is 8.57. The van der Waals surface area contributed by atoms with E-state index in [9.17, 15) is 4.79 Å². The minimum absolute atomic E-state index is 0.0405. The van der Waals surface area contributed by atoms with Crippen LogP contribution in [0.5, 0.6) is 0 Å². The molecule has 2 aliphatic rings. The van der Waals surface area contributed by atoms with Crippen LogP contribution in [0.3, 0.4) is 0 Å². The highest BCUT2D eigenvalue weighted by Gasteiger charge is 2.41. The monoisotopic (exact) mass is 411 g/mol. The SMILES string of the molecule is CCn1ccc(C(=O)N2CCC3(CC2)CC(CCOCc2ccccc2)CCO3)n1. The molecule has 0 bridgehead atoms. The molecular weight excluding hydrogens is 378 g/mol. The number of amides is 1. The predicted molar refractivity (Wildman–Crippen MR) is 115 cm³/mol. The number of benzene rings is 1. The van der Waals surface area contributed by atoms with Gasteiger partial charge < -0.3 is 14.4 Å². The molecule has 0 N–H and O–H groups in total. The lowest BCUT2D eigenvalue weighted by Crippen LogP contribution is -2.51. The fraction of sp³-hybridized carbons (Fsp3) is 0.583. The highest BCUT2D eigenvalue weighted by molar-refractivity contribution is 5.92. The first-order valence-corrected chi connectivity index (χ1v) is 11.3. The number of aryl methyl sites for hydroxylation is 1. The third-order valence-corrected chi connectivity index (χ3v) is 6.52. The maximum atomic E-state index is 12.7. The number of carbonyl (C=O) groups is 1. The molecule has 162 valence electrons. The molecule has 6 nitrogen and oxygen atoms in total. The van der Waals surface area contributed by atoms with Gasteiger partial charge >= 0.3 is 0 Å². The molecule has 30 heavy (non-hydrogen) atoms. The lowest BCUT2D eigenvalue weighted by molar-refractivity contribution is -0.126. The van der Waals surface area contributed by atoms with Gasteiger partial charge in [-0.25, -0.2) is 0 Å². The van der Waals surface area contributed by atoms with Gasteiger partial charge in [-0.2, -0.15) is 5.10 Å². The maximum Gasteiger partial charge on any atom is 0.274 e. The Morgan fingerprint density at radius 3 is 2.77 bits per heavy atom. The molecule has 2 fully saturated rings. The van der Waals surface area contributed by atoms with Gasteiger partial charge in [0.25, 0.3) is 5.91 Å². The van der Waals surface area contributed by atoms with Crippen LogP contribution in [0.25, 0.3) is 0 Å². The predicted octanol–water partition coefficient (Wildman–Crippen LogP) is 3.91. The summed E-state index contributed by atoms with van der Waals surface area (Å²) < 4.78 is 14.0. The Bertz CT molecular complexity index is 812. The summed E-state index contributed by atoms with van der Waals surface area (Å²) in [5, 5.41) is 4.36. The zero-order valence-electron chi connectivity index (χ0n) is 18.0. The molecule has 4 rings (SSSR count). The first-order valence-electron chi connectivity index (χ1n) is 11.3. The van der Waals surface area contributed by atoms with Crippen LogP contribution < -0.4 is 0 Å². The maximum absolute atomic E-state index is 12.7. The summed E-state index contributed by atoms with van der Waals surface area (Å²) in [6.07, 6.45) is 6.95. The highest BCUT2D eigenvalue weighted by atomic mass is 16.5. The number of carbonyl (C=O) groups excluding carboxylic acids is 1. The molecule has 0 radical (unpaired) electrons. The van der Waals surface area contributed by atoms with Crippen LogP contribution in [0.15, 0.2) is 42.6 Å². The van der Waals surface area contributed by atoms with E-state index in [2.05, 4.69) is 17.2 Å². The number of hydrogen-bond donors (Lipinski definition) is 0. The molecule has 1 aromatic heterocycles. The van der Waals surface area contributed by atoms with E-state index in [1.807, 2.05) is 42.3 Å². The Labute approximate surface area is 179 Å². The van der Waals surface area contributed by atoms with Crippen LogP contribution in [0.2, 0.25) is 0 Å². The van der Waals surface area contributed by atoms with Crippen molar-refractivity contribution in [1.82, 2.24) is 14.7 Å². The summed E-state index contributed by atoms with van der Waals surface area (Å²) in [4.78, 5) is 14.7. The average Bonchev–Trinajstić information content (AvgIpc) is 3.27. The molecular formula is C24H33N3O3. The van der Waals surface area contributed by atoms with Gasteiger partial charge in [0.2, 0.25) is 0 Å². The molecule has 1 atom stereocenters. The molecule has 1 spiro atoms. The van der Waals surface area contributed by atoms with E-state index in [1.54, 1.807) is 4.68 Å². The van der Waals surface area contributed by atoms with Crippen molar-refractivity contribution in [2.24, 2.45) is 5.92 Å². The molecule has 0 aliphatic carbocycles. The van der Waals surface area contributed by atoms with Gasteiger partial charge in [0.15, 0.2) is 0 Å². The lowest BCUT2D eigenvalue weighted by atomic mass is 9.78. The zero-order chi connectivity index (χ0) is 20.8. The summed E-state index contributed by atoms with van der Waals surface area (Å²) in [6, 6.07) is 12.2. The van der Waals surface area contributed by atoms with Crippen molar-refractivity contribution < 1.29 is 14.3 Å². The standard InChI is InChI=1S/C24H33N3O3/c1-2-27-13-8-22(25-27)23(28)26-14-11-24(12-15-26)18-20(10-17-30-24)9-16-29-19-21-6-4-3-5-7-21/h3-8,13,20H,2,9-12,14-19H2,1H3. The third-order valence-electron chi connectivity index (χ3n) is 6.52. The summed E-state index contributed by atoms with van der Waals surface area (Å²) in [6.45, 7) is 6.58. The van der Waals surface area contributed by atoms with Crippen LogP contribution in [0, 0.1) is 5.92 Å². The fourth-order valence-corrected chi connectivity index (χ4v) is 4.67. The number of piperidine rings is 1. The molecule has 2 aliphatic heterocycles. The van der Waals surface area contributed by atoms with Gasteiger partial charge in [-0.3, -0.25) is 9.48 Å². The molecule has 3 heterocycles. The van der Waals surface area contributed by atoms with Crippen molar-refractivity contribution in [1.29, 1.82) is 0 Å². The molecule has 2 saturated heterocycles. The highest BCUT2D eigenvalue weighted by Crippen LogP contribution is 2.39. The second-order valence-corrected chi connectivity index (χ2v) is 8.57. The average molecular weight is 412 g/mol. The van der Waals surface area contributed by atoms with Gasteiger partial charge in [0.1, 0.15) is 5.69 Å². The molecule has 0 saturated carbocycles. The van der Waals surface area contributed by atoms with Gasteiger partial charge in [0, 0.05) is 39.0 Å². The van der Waals surface area contributed by atoms with Crippen molar-refractivity contribution in [3.63, 3.8) is 0 Å². The van der Waals surface area contributed by atoms with E-state index in [4.69, 9.17) is 9.47 Å². The Balaban J connectivity index is 1.22. The molecule has 1 aromatic carbocycles. The summed E-state index contributed by atoms with van der Waals surface area (Å²) in [5.41, 5.74) is 1.70. The van der Waals surface area contributed by atoms with Crippen molar-refractivity contribution in [3.05, 3.63) is 53.9 Å². The Kier molecular flexibility index (Phi) is 6.85. The molecule has 2 aromatic rings. The van der Waals surface area contributed by atoms with E-state index in [0.717, 1.165) is 65.0 Å². The lowest BCUT2D eigenvalue weighted by Gasteiger charge is -2.46. The zero-order valence-corrected chi connectivity index (χ0v) is 18.0. The van der Waals surface area contributed by atoms with Crippen LogP contribution in [0.1, 0.15) is 55.1 Å². The number of hydrogen-bond acceptors (Lipinski definition) is 4. The number of rotatable bonds is 7. The number of ether oxygens (including phenoxy) is 2. The van der Waals surface area contributed by atoms with Crippen molar-refractivity contribution in [2.75, 3.05) is 26.3 Å². The van der Waals surface area contributed by atoms with Gasteiger partial charge in [0.05, 0.1) is 12.2 Å². The fourth-order valence-electron chi connectivity index (χ4n) is 4.67. The Hall–Kier alpha value is -2.18. The van der Waals surface area contributed by atoms with Crippen LogP contribution in [-0.2, 0) is 22.6 Å². The van der Waals surface area contributed by atoms with Gasteiger partial charge in [-0.05, 0) is 56.6 Å². The Morgan fingerprint density at radius 2 is 2.03 bits per heavy atom. The molecule has 1 amide bonds. The van der Waals surface area contributed by atoms with E-state index in [1.165, 1.54) is 5.56 Å². The van der Waals surface area contributed by atoms with Crippen molar-refractivity contribution >= 4 is 5.91 Å². The first kappa shape index (κ1) is 21.1. The summed E-state index contributed by atoms with van der Waals surface area (Å²) in [7, 11) is 0. The van der Waals surface area contributed by atoms with Crippen molar-refractivity contribution in [2.45, 2.75) is 57.8 Å². The minimum atomic E-state index is -0.0676. The minimum Gasteiger partial charge on any atom is -0.377 e. The normalized spacial score (nSPS) is 21.1. The quantitative estimate of drug-likeness (QED) is 0.648. The second kappa shape index (κ2) is 9.75. The number of nitrogens with zero attached hydrogens (tertiary/aromatic N) is 3. The molecule has 1 unspecified atom stereocenters.